The first kappa shape index (κ1) is 23.2. The van der Waals surface area contributed by atoms with Crippen LogP contribution in [0.2, 0.25) is 0 Å². The van der Waals surface area contributed by atoms with Crippen LogP contribution in [0.3, 0.4) is 0 Å². The Morgan fingerprint density at radius 2 is 1.53 bits per heavy atom. The standard InChI is InChI=1S/C27H30N2O3/c1-3-21-7-9-22(10-8-21)19-29(20-23-6-5-17-28-18-23)27(31)16-15-26(30)24-11-13-25(14-12-24)32-4-2/h5-14,17-18H,3-4,15-16,19-20H2,1-2H3. The number of ketones is 1. The van der Waals surface area contributed by atoms with E-state index in [1.165, 1.54) is 5.56 Å². The van der Waals surface area contributed by atoms with Gasteiger partial charge in [0, 0.05) is 43.9 Å². The molecular formula is C27H30N2O3. The molecule has 5 heteroatoms. The van der Waals surface area contributed by atoms with Crippen LogP contribution >= 0.6 is 0 Å². The molecule has 5 nitrogen and oxygen atoms in total. The normalized spacial score (nSPS) is 10.6. The van der Waals surface area contributed by atoms with E-state index in [2.05, 4.69) is 36.2 Å². The summed E-state index contributed by atoms with van der Waals surface area (Å²) in [5.74, 6) is 0.639. The zero-order valence-corrected chi connectivity index (χ0v) is 18.8. The topological polar surface area (TPSA) is 59.5 Å². The average Bonchev–Trinajstić information content (AvgIpc) is 2.83. The number of carbonyl (C=O) groups excluding carboxylic acids is 2. The average molecular weight is 431 g/mol. The van der Waals surface area contributed by atoms with Crippen molar-refractivity contribution in [2.24, 2.45) is 0 Å². The van der Waals surface area contributed by atoms with Crippen molar-refractivity contribution in [3.05, 3.63) is 95.3 Å². The Labute approximate surface area is 190 Å². The molecule has 0 radical (unpaired) electrons. The summed E-state index contributed by atoms with van der Waals surface area (Å²) in [5.41, 5.74) is 3.89. The van der Waals surface area contributed by atoms with Crippen LogP contribution in [0.15, 0.2) is 73.1 Å². The van der Waals surface area contributed by atoms with Crippen molar-refractivity contribution in [2.45, 2.75) is 46.2 Å². The number of aryl methyl sites for hydroxylation is 1. The van der Waals surface area contributed by atoms with E-state index in [1.54, 1.807) is 41.6 Å². The third-order valence-electron chi connectivity index (χ3n) is 5.31. The zero-order chi connectivity index (χ0) is 22.8. The first-order valence-electron chi connectivity index (χ1n) is 11.1. The largest absolute Gasteiger partial charge is 0.494 e. The number of nitrogens with zero attached hydrogens (tertiary/aromatic N) is 2. The minimum absolute atomic E-state index is 0.0463. The third kappa shape index (κ3) is 6.77. The Balaban J connectivity index is 1.65. The lowest BCUT2D eigenvalue weighted by Gasteiger charge is -2.23. The summed E-state index contributed by atoms with van der Waals surface area (Å²) in [7, 11) is 0. The van der Waals surface area contributed by atoms with Crippen LogP contribution in [-0.2, 0) is 24.3 Å². The minimum Gasteiger partial charge on any atom is -0.494 e. The summed E-state index contributed by atoms with van der Waals surface area (Å²) in [6, 6.07) is 19.2. The Morgan fingerprint density at radius 1 is 0.844 bits per heavy atom. The van der Waals surface area contributed by atoms with Gasteiger partial charge in [-0.25, -0.2) is 0 Å². The molecule has 1 amide bonds. The molecule has 0 aliphatic rings. The summed E-state index contributed by atoms with van der Waals surface area (Å²) < 4.78 is 5.42. The molecule has 1 aromatic heterocycles. The Bertz CT molecular complexity index is 999. The van der Waals surface area contributed by atoms with Gasteiger partial charge in [-0.05, 0) is 60.4 Å². The second-order valence-corrected chi connectivity index (χ2v) is 7.66. The molecule has 0 atom stereocenters. The first-order valence-corrected chi connectivity index (χ1v) is 11.1. The van der Waals surface area contributed by atoms with Crippen molar-refractivity contribution in [2.75, 3.05) is 6.61 Å². The molecule has 0 spiro atoms. The van der Waals surface area contributed by atoms with E-state index in [9.17, 15) is 9.59 Å². The number of ether oxygens (including phenoxy) is 1. The van der Waals surface area contributed by atoms with Crippen molar-refractivity contribution in [1.29, 1.82) is 0 Å². The van der Waals surface area contributed by atoms with Crippen LogP contribution in [-0.4, -0.2) is 28.2 Å². The fraction of sp³-hybridized carbons (Fsp3) is 0.296. The van der Waals surface area contributed by atoms with Gasteiger partial charge < -0.3 is 9.64 Å². The smallest absolute Gasteiger partial charge is 0.223 e. The number of rotatable bonds is 11. The highest BCUT2D eigenvalue weighted by atomic mass is 16.5. The number of pyridine rings is 1. The van der Waals surface area contributed by atoms with Crippen LogP contribution in [0.4, 0.5) is 0 Å². The van der Waals surface area contributed by atoms with Gasteiger partial charge >= 0.3 is 0 Å². The Kier molecular flexibility index (Phi) is 8.55. The van der Waals surface area contributed by atoms with Crippen LogP contribution in [0, 0.1) is 0 Å². The molecule has 0 N–H and O–H groups in total. The van der Waals surface area contributed by atoms with E-state index in [-0.39, 0.29) is 24.5 Å². The third-order valence-corrected chi connectivity index (χ3v) is 5.31. The fourth-order valence-electron chi connectivity index (χ4n) is 3.47. The van der Waals surface area contributed by atoms with Crippen LogP contribution in [0.5, 0.6) is 5.75 Å². The molecule has 0 unspecified atom stereocenters. The number of carbonyl (C=O) groups is 2. The zero-order valence-electron chi connectivity index (χ0n) is 18.8. The maximum absolute atomic E-state index is 13.1. The van der Waals surface area contributed by atoms with E-state index >= 15 is 0 Å². The molecule has 0 aliphatic heterocycles. The summed E-state index contributed by atoms with van der Waals surface area (Å²) in [5, 5.41) is 0. The van der Waals surface area contributed by atoms with Crippen molar-refractivity contribution >= 4 is 11.7 Å². The van der Waals surface area contributed by atoms with E-state index in [4.69, 9.17) is 4.74 Å². The Morgan fingerprint density at radius 3 is 2.16 bits per heavy atom. The maximum atomic E-state index is 13.1. The lowest BCUT2D eigenvalue weighted by atomic mass is 10.1. The van der Waals surface area contributed by atoms with Crippen LogP contribution in [0.1, 0.15) is 53.7 Å². The molecule has 1 heterocycles. The summed E-state index contributed by atoms with van der Waals surface area (Å²) in [4.78, 5) is 31.6. The highest BCUT2D eigenvalue weighted by Crippen LogP contribution is 2.16. The lowest BCUT2D eigenvalue weighted by Crippen LogP contribution is -2.30. The number of Topliss-reactive ketones (excluding diaryl/α,β-unsaturated/α-hetero) is 1. The fourth-order valence-corrected chi connectivity index (χ4v) is 3.47. The van der Waals surface area contributed by atoms with E-state index in [0.717, 1.165) is 23.3 Å². The van der Waals surface area contributed by atoms with Gasteiger partial charge in [-0.3, -0.25) is 14.6 Å². The van der Waals surface area contributed by atoms with Crippen LogP contribution in [0.25, 0.3) is 0 Å². The maximum Gasteiger partial charge on any atom is 0.223 e. The first-order chi connectivity index (χ1) is 15.6. The predicted molar refractivity (Wildman–Crippen MR) is 125 cm³/mol. The Hall–Kier alpha value is -3.47. The van der Waals surface area contributed by atoms with Gasteiger partial charge in [0.05, 0.1) is 6.61 Å². The molecular weight excluding hydrogens is 400 g/mol. The lowest BCUT2D eigenvalue weighted by molar-refractivity contribution is -0.132. The second-order valence-electron chi connectivity index (χ2n) is 7.66. The van der Waals surface area contributed by atoms with Crippen LogP contribution < -0.4 is 4.74 Å². The summed E-state index contributed by atoms with van der Waals surface area (Å²) in [6.45, 7) is 5.57. The number of hydrogen-bond acceptors (Lipinski definition) is 4. The van der Waals surface area contributed by atoms with Gasteiger partial charge in [0.1, 0.15) is 5.75 Å². The molecule has 3 aromatic rings. The van der Waals surface area contributed by atoms with E-state index < -0.39 is 0 Å². The highest BCUT2D eigenvalue weighted by Gasteiger charge is 2.17. The van der Waals surface area contributed by atoms with Crippen molar-refractivity contribution in [3.8, 4) is 5.75 Å². The van der Waals surface area contributed by atoms with Gasteiger partial charge in [-0.2, -0.15) is 0 Å². The van der Waals surface area contributed by atoms with Gasteiger partial charge in [-0.15, -0.1) is 0 Å². The van der Waals surface area contributed by atoms with E-state index in [1.807, 2.05) is 19.1 Å². The van der Waals surface area contributed by atoms with Crippen molar-refractivity contribution in [1.82, 2.24) is 9.88 Å². The summed E-state index contributed by atoms with van der Waals surface area (Å²) >= 11 is 0. The van der Waals surface area contributed by atoms with Gasteiger partial charge in [-0.1, -0.05) is 37.3 Å². The summed E-state index contributed by atoms with van der Waals surface area (Å²) in [6.07, 6.45) is 4.80. The number of aromatic nitrogens is 1. The van der Waals surface area contributed by atoms with Gasteiger partial charge in [0.2, 0.25) is 5.91 Å². The molecule has 3 rings (SSSR count). The SMILES string of the molecule is CCOc1ccc(C(=O)CCC(=O)N(Cc2ccc(CC)cc2)Cc2cccnc2)cc1. The van der Waals surface area contributed by atoms with Crippen molar-refractivity contribution < 1.29 is 14.3 Å². The molecule has 0 saturated heterocycles. The van der Waals surface area contributed by atoms with E-state index in [0.29, 0.717) is 25.3 Å². The molecule has 2 aromatic carbocycles. The minimum atomic E-state index is -0.0484. The quantitative estimate of drug-likeness (QED) is 0.391. The molecule has 0 fully saturated rings. The molecule has 0 saturated carbocycles. The number of amides is 1. The van der Waals surface area contributed by atoms with Gasteiger partial charge in [0.25, 0.3) is 0 Å². The molecule has 166 valence electrons. The molecule has 0 aliphatic carbocycles. The van der Waals surface area contributed by atoms with Crippen molar-refractivity contribution in [3.63, 3.8) is 0 Å². The number of hydrogen-bond donors (Lipinski definition) is 0. The second kappa shape index (κ2) is 11.8. The highest BCUT2D eigenvalue weighted by molar-refractivity contribution is 5.98. The number of benzene rings is 2. The monoisotopic (exact) mass is 430 g/mol. The molecule has 0 bridgehead atoms. The van der Waals surface area contributed by atoms with Gasteiger partial charge in [0.15, 0.2) is 5.78 Å². The molecule has 32 heavy (non-hydrogen) atoms. The predicted octanol–water partition coefficient (Wildman–Crippen LogP) is 5.23.